The summed E-state index contributed by atoms with van der Waals surface area (Å²) >= 11 is 0. The van der Waals surface area contributed by atoms with Crippen LogP contribution in [0.5, 0.6) is 0 Å². The molecular weight excluding hydrogens is 266 g/mol. The Bertz CT molecular complexity index is 728. The third-order valence-electron chi connectivity index (χ3n) is 3.29. The number of aromatic nitrogens is 5. The van der Waals surface area contributed by atoms with Gasteiger partial charge in [-0.15, -0.1) is 0 Å². The fourth-order valence-electron chi connectivity index (χ4n) is 2.14. The molecule has 0 bridgehead atoms. The van der Waals surface area contributed by atoms with Gasteiger partial charge in [0.05, 0.1) is 18.4 Å². The predicted octanol–water partition coefficient (Wildman–Crippen LogP) is 1.90. The molecule has 3 heterocycles. The van der Waals surface area contributed by atoms with Crippen molar-refractivity contribution in [1.82, 2.24) is 24.1 Å². The van der Waals surface area contributed by atoms with Crippen LogP contribution in [-0.2, 0) is 13.6 Å². The van der Waals surface area contributed by atoms with Gasteiger partial charge in [-0.25, -0.2) is 9.97 Å². The quantitative estimate of drug-likeness (QED) is 0.723. The minimum Gasteiger partial charge on any atom is -0.369 e. The van der Waals surface area contributed by atoms with Gasteiger partial charge in [0, 0.05) is 32.2 Å². The fourth-order valence-corrected chi connectivity index (χ4v) is 2.14. The third kappa shape index (κ3) is 2.81. The first-order valence-electron chi connectivity index (χ1n) is 7.06. The number of nitrogens with zero attached hydrogens (tertiary/aromatic N) is 5. The molecule has 3 aromatic heterocycles. The van der Waals surface area contributed by atoms with Crippen LogP contribution in [0.2, 0.25) is 0 Å². The van der Waals surface area contributed by atoms with Crippen molar-refractivity contribution in [2.24, 2.45) is 7.05 Å². The topological polar surface area (TPSA) is 72.1 Å². The predicted molar refractivity (Wildman–Crippen MR) is 82.3 cm³/mol. The average molecular weight is 285 g/mol. The van der Waals surface area contributed by atoms with Crippen molar-refractivity contribution < 1.29 is 0 Å². The van der Waals surface area contributed by atoms with E-state index in [0.29, 0.717) is 6.54 Å². The number of hydrogen-bond acceptors (Lipinski definition) is 5. The number of hydrogen-bond donors (Lipinski definition) is 2. The van der Waals surface area contributed by atoms with Gasteiger partial charge in [0.15, 0.2) is 11.5 Å². The summed E-state index contributed by atoms with van der Waals surface area (Å²) in [5.41, 5.74) is 1.91. The van der Waals surface area contributed by atoms with Gasteiger partial charge < -0.3 is 15.0 Å². The van der Waals surface area contributed by atoms with Gasteiger partial charge in [-0.2, -0.15) is 5.10 Å². The number of imidazole rings is 1. The van der Waals surface area contributed by atoms with Crippen LogP contribution >= 0.6 is 0 Å². The van der Waals surface area contributed by atoms with Crippen molar-refractivity contribution >= 4 is 17.3 Å². The molecule has 21 heavy (non-hydrogen) atoms. The van der Waals surface area contributed by atoms with E-state index in [-0.39, 0.29) is 0 Å². The van der Waals surface area contributed by atoms with Gasteiger partial charge in [0.25, 0.3) is 0 Å². The number of rotatable bonds is 6. The Morgan fingerprint density at radius 2 is 2.14 bits per heavy atom. The van der Waals surface area contributed by atoms with E-state index in [4.69, 9.17) is 0 Å². The average Bonchev–Trinajstić information content (AvgIpc) is 3.11. The lowest BCUT2D eigenvalue weighted by molar-refractivity contribution is 0.720. The van der Waals surface area contributed by atoms with Gasteiger partial charge in [-0.1, -0.05) is 6.92 Å². The minimum absolute atomic E-state index is 0.656. The summed E-state index contributed by atoms with van der Waals surface area (Å²) in [6, 6.07) is 1.98. The molecule has 2 N–H and O–H groups in total. The highest BCUT2D eigenvalue weighted by molar-refractivity contribution is 5.65. The maximum atomic E-state index is 4.60. The third-order valence-corrected chi connectivity index (χ3v) is 3.29. The van der Waals surface area contributed by atoms with Crippen LogP contribution in [0, 0.1) is 0 Å². The summed E-state index contributed by atoms with van der Waals surface area (Å²) in [5.74, 6) is 1.61. The molecule has 0 aliphatic rings. The zero-order valence-electron chi connectivity index (χ0n) is 12.2. The fraction of sp³-hybridized carbons (Fsp3) is 0.357. The lowest BCUT2D eigenvalue weighted by Crippen LogP contribution is -2.10. The van der Waals surface area contributed by atoms with Crippen LogP contribution in [-0.4, -0.2) is 30.7 Å². The minimum atomic E-state index is 0.656. The monoisotopic (exact) mass is 285 g/mol. The lowest BCUT2D eigenvalue weighted by atomic mass is 10.4. The van der Waals surface area contributed by atoms with Gasteiger partial charge in [0.1, 0.15) is 5.82 Å². The van der Waals surface area contributed by atoms with Crippen LogP contribution < -0.4 is 10.6 Å². The summed E-state index contributed by atoms with van der Waals surface area (Å²) in [5, 5.41) is 10.8. The van der Waals surface area contributed by atoms with Crippen LogP contribution in [0.25, 0.3) is 5.65 Å². The molecule has 0 aromatic carbocycles. The summed E-state index contributed by atoms with van der Waals surface area (Å²) in [6.07, 6.45) is 8.49. The molecule has 0 amide bonds. The lowest BCUT2D eigenvalue weighted by Gasteiger charge is -2.10. The molecule has 0 aliphatic heterocycles. The van der Waals surface area contributed by atoms with Crippen molar-refractivity contribution in [2.75, 3.05) is 17.2 Å². The number of aryl methyl sites for hydroxylation is 1. The largest absolute Gasteiger partial charge is 0.369 e. The summed E-state index contributed by atoms with van der Waals surface area (Å²) in [7, 11) is 1.93. The Labute approximate surface area is 123 Å². The Morgan fingerprint density at radius 3 is 2.90 bits per heavy atom. The normalized spacial score (nSPS) is 11.0. The molecule has 7 heteroatoms. The molecule has 0 saturated heterocycles. The second-order valence-electron chi connectivity index (χ2n) is 4.86. The van der Waals surface area contributed by atoms with Crippen LogP contribution in [0.4, 0.5) is 11.6 Å². The Hall–Kier alpha value is -2.57. The van der Waals surface area contributed by atoms with Crippen molar-refractivity contribution in [3.63, 3.8) is 0 Å². The highest BCUT2D eigenvalue weighted by Gasteiger charge is 2.08. The molecule has 7 nitrogen and oxygen atoms in total. The number of fused-ring (bicyclic) bond motifs is 1. The van der Waals surface area contributed by atoms with E-state index in [1.807, 2.05) is 34.6 Å². The number of anilines is 2. The second kappa shape index (κ2) is 5.82. The zero-order chi connectivity index (χ0) is 14.7. The van der Waals surface area contributed by atoms with Crippen LogP contribution in [0.1, 0.15) is 19.0 Å². The van der Waals surface area contributed by atoms with Gasteiger partial charge >= 0.3 is 0 Å². The summed E-state index contributed by atoms with van der Waals surface area (Å²) in [6.45, 7) is 3.68. The standard InChI is InChI=1S/C14H19N7/c1-3-5-15-12-10-21-8-7-16-14(21)13(19-12)17-9-11-4-6-18-20(11)2/h4,6-8,10,15H,3,5,9H2,1-2H3,(H,17,19). The second-order valence-corrected chi connectivity index (χ2v) is 4.86. The summed E-state index contributed by atoms with van der Waals surface area (Å²) in [4.78, 5) is 8.95. The highest BCUT2D eigenvalue weighted by Crippen LogP contribution is 2.17. The van der Waals surface area contributed by atoms with Crippen molar-refractivity contribution in [3.8, 4) is 0 Å². The summed E-state index contributed by atoms with van der Waals surface area (Å²) < 4.78 is 3.81. The maximum absolute atomic E-state index is 4.60. The van der Waals surface area contributed by atoms with Gasteiger partial charge in [-0.3, -0.25) is 4.68 Å². The number of nitrogens with one attached hydrogen (secondary N) is 2. The molecule has 0 fully saturated rings. The van der Waals surface area contributed by atoms with E-state index in [9.17, 15) is 0 Å². The molecule has 3 aromatic rings. The maximum Gasteiger partial charge on any atom is 0.180 e. The van der Waals surface area contributed by atoms with Gasteiger partial charge in [-0.05, 0) is 12.5 Å². The van der Waals surface area contributed by atoms with Gasteiger partial charge in [0.2, 0.25) is 0 Å². The van der Waals surface area contributed by atoms with Crippen LogP contribution in [0.3, 0.4) is 0 Å². The van der Waals surface area contributed by atoms with Crippen molar-refractivity contribution in [3.05, 3.63) is 36.5 Å². The first-order chi connectivity index (χ1) is 10.3. The van der Waals surface area contributed by atoms with Crippen molar-refractivity contribution in [2.45, 2.75) is 19.9 Å². The van der Waals surface area contributed by atoms with E-state index < -0.39 is 0 Å². The first-order valence-corrected chi connectivity index (χ1v) is 7.06. The highest BCUT2D eigenvalue weighted by atomic mass is 15.3. The van der Waals surface area contributed by atoms with E-state index in [1.165, 1.54) is 0 Å². The van der Waals surface area contributed by atoms with E-state index in [2.05, 4.69) is 32.6 Å². The Balaban J connectivity index is 1.85. The molecule has 0 aliphatic carbocycles. The van der Waals surface area contributed by atoms with E-state index in [0.717, 1.165) is 35.9 Å². The molecule has 0 saturated carbocycles. The molecule has 0 atom stereocenters. The van der Waals surface area contributed by atoms with E-state index >= 15 is 0 Å². The SMILES string of the molecule is CCCNc1cn2ccnc2c(NCc2ccnn2C)n1. The molecule has 0 unspecified atom stereocenters. The molecule has 3 rings (SSSR count). The zero-order valence-corrected chi connectivity index (χ0v) is 12.2. The molecular formula is C14H19N7. The van der Waals surface area contributed by atoms with Crippen LogP contribution in [0.15, 0.2) is 30.9 Å². The van der Waals surface area contributed by atoms with E-state index in [1.54, 1.807) is 12.4 Å². The smallest absolute Gasteiger partial charge is 0.180 e. The first kappa shape index (κ1) is 13.4. The molecule has 110 valence electrons. The Morgan fingerprint density at radius 1 is 1.24 bits per heavy atom. The molecule has 0 spiro atoms. The molecule has 0 radical (unpaired) electrons. The Kier molecular flexibility index (Phi) is 3.72. The van der Waals surface area contributed by atoms with Crippen molar-refractivity contribution in [1.29, 1.82) is 0 Å².